The Balaban J connectivity index is 1.72. The maximum Gasteiger partial charge on any atom is 0.243 e. The molecular formula is C20H25ClN2O3S. The highest BCUT2D eigenvalue weighted by molar-refractivity contribution is 7.89. The van der Waals surface area contributed by atoms with Crippen LogP contribution < -0.4 is 9.64 Å². The summed E-state index contributed by atoms with van der Waals surface area (Å²) < 4.78 is 33.0. The van der Waals surface area contributed by atoms with Gasteiger partial charge in [-0.25, -0.2) is 8.42 Å². The fourth-order valence-corrected chi connectivity index (χ4v) is 4.90. The Morgan fingerprint density at radius 3 is 2.30 bits per heavy atom. The number of rotatable bonds is 5. The molecule has 0 aliphatic carbocycles. The first-order chi connectivity index (χ1) is 12.8. The van der Waals surface area contributed by atoms with Crippen LogP contribution >= 0.6 is 11.6 Å². The summed E-state index contributed by atoms with van der Waals surface area (Å²) in [4.78, 5) is 2.48. The van der Waals surface area contributed by atoms with Gasteiger partial charge in [-0.2, -0.15) is 4.31 Å². The predicted molar refractivity (Wildman–Crippen MR) is 110 cm³/mol. The van der Waals surface area contributed by atoms with Crippen LogP contribution in [0, 0.1) is 13.8 Å². The van der Waals surface area contributed by atoms with Gasteiger partial charge in [-0.1, -0.05) is 17.7 Å². The number of halogens is 1. The molecule has 1 heterocycles. The molecule has 7 heteroatoms. The highest BCUT2D eigenvalue weighted by atomic mass is 35.5. The molecule has 0 radical (unpaired) electrons. The van der Waals surface area contributed by atoms with Gasteiger partial charge in [-0.15, -0.1) is 0 Å². The molecule has 0 aromatic heterocycles. The van der Waals surface area contributed by atoms with Crippen LogP contribution in [0.3, 0.4) is 0 Å². The van der Waals surface area contributed by atoms with Crippen molar-refractivity contribution >= 4 is 27.3 Å². The van der Waals surface area contributed by atoms with Crippen molar-refractivity contribution in [2.45, 2.75) is 25.7 Å². The zero-order valence-electron chi connectivity index (χ0n) is 15.9. The summed E-state index contributed by atoms with van der Waals surface area (Å²) in [6.45, 7) is 8.45. The van der Waals surface area contributed by atoms with Crippen LogP contribution in [-0.2, 0) is 10.0 Å². The minimum absolute atomic E-state index is 0.315. The van der Waals surface area contributed by atoms with Crippen molar-refractivity contribution in [3.8, 4) is 5.75 Å². The lowest BCUT2D eigenvalue weighted by Gasteiger charge is -2.35. The second-order valence-electron chi connectivity index (χ2n) is 6.68. The van der Waals surface area contributed by atoms with Crippen LogP contribution in [0.15, 0.2) is 41.3 Å². The molecule has 0 amide bonds. The normalized spacial score (nSPS) is 15.8. The van der Waals surface area contributed by atoms with E-state index in [2.05, 4.69) is 4.90 Å². The van der Waals surface area contributed by atoms with E-state index in [0.29, 0.717) is 37.7 Å². The van der Waals surface area contributed by atoms with Crippen molar-refractivity contribution in [3.05, 3.63) is 52.5 Å². The van der Waals surface area contributed by atoms with Crippen molar-refractivity contribution in [3.63, 3.8) is 0 Å². The summed E-state index contributed by atoms with van der Waals surface area (Å²) >= 11 is 6.22. The first kappa shape index (κ1) is 20.0. The van der Waals surface area contributed by atoms with Gasteiger partial charge in [0.15, 0.2) is 0 Å². The van der Waals surface area contributed by atoms with Gasteiger partial charge in [-0.3, -0.25) is 0 Å². The third kappa shape index (κ3) is 4.23. The smallest absolute Gasteiger partial charge is 0.243 e. The molecule has 5 nitrogen and oxygen atoms in total. The number of benzene rings is 2. The fraction of sp³-hybridized carbons (Fsp3) is 0.400. The number of anilines is 1. The Labute approximate surface area is 166 Å². The number of sulfonamides is 1. The van der Waals surface area contributed by atoms with Crippen LogP contribution in [0.5, 0.6) is 5.75 Å². The van der Waals surface area contributed by atoms with E-state index in [4.69, 9.17) is 16.3 Å². The molecule has 1 aliphatic rings. The number of aryl methyl sites for hydroxylation is 2. The first-order valence-electron chi connectivity index (χ1n) is 9.07. The monoisotopic (exact) mass is 408 g/mol. The standard InChI is InChI=1S/C20H25ClN2O3S/c1-4-26-20-8-7-18(13-16(20)3)27(24,25)23-11-9-22(10-12-23)17-6-5-15(2)19(21)14-17/h5-8,13-14H,4,9-12H2,1-3H3. The molecule has 0 atom stereocenters. The van der Waals surface area contributed by atoms with Crippen LogP contribution in [0.1, 0.15) is 18.1 Å². The lowest BCUT2D eigenvalue weighted by atomic mass is 10.2. The zero-order valence-corrected chi connectivity index (χ0v) is 17.5. The van der Waals surface area contributed by atoms with E-state index in [1.807, 2.05) is 39.0 Å². The summed E-state index contributed by atoms with van der Waals surface area (Å²) in [5, 5.41) is 0.729. The summed E-state index contributed by atoms with van der Waals surface area (Å²) in [6, 6.07) is 11.0. The topological polar surface area (TPSA) is 49.9 Å². The Morgan fingerprint density at radius 2 is 1.70 bits per heavy atom. The molecular weight excluding hydrogens is 384 g/mol. The van der Waals surface area contributed by atoms with E-state index >= 15 is 0 Å². The molecule has 0 saturated carbocycles. The van der Waals surface area contributed by atoms with E-state index in [0.717, 1.165) is 27.6 Å². The fourth-order valence-electron chi connectivity index (χ4n) is 3.21. The number of hydrogen-bond acceptors (Lipinski definition) is 4. The number of nitrogens with zero attached hydrogens (tertiary/aromatic N) is 2. The summed E-state index contributed by atoms with van der Waals surface area (Å²) in [6.07, 6.45) is 0. The third-order valence-corrected chi connectivity index (χ3v) is 7.15. The lowest BCUT2D eigenvalue weighted by molar-refractivity contribution is 0.337. The molecule has 0 N–H and O–H groups in total. The van der Waals surface area contributed by atoms with E-state index in [1.54, 1.807) is 22.5 Å². The molecule has 27 heavy (non-hydrogen) atoms. The van der Waals surface area contributed by atoms with Gasteiger partial charge >= 0.3 is 0 Å². The Kier molecular flexibility index (Phi) is 5.99. The van der Waals surface area contributed by atoms with Crippen molar-refractivity contribution in [1.29, 1.82) is 0 Å². The van der Waals surface area contributed by atoms with E-state index < -0.39 is 10.0 Å². The Hall–Kier alpha value is -1.76. The average Bonchev–Trinajstić information content (AvgIpc) is 2.66. The first-order valence-corrected chi connectivity index (χ1v) is 10.9. The molecule has 2 aromatic rings. The highest BCUT2D eigenvalue weighted by Gasteiger charge is 2.29. The Bertz CT molecular complexity index is 923. The summed E-state index contributed by atoms with van der Waals surface area (Å²) in [5.74, 6) is 0.720. The minimum Gasteiger partial charge on any atom is -0.494 e. The largest absolute Gasteiger partial charge is 0.494 e. The van der Waals surface area contributed by atoms with Gasteiger partial charge in [0.2, 0.25) is 10.0 Å². The highest BCUT2D eigenvalue weighted by Crippen LogP contribution is 2.27. The van der Waals surface area contributed by atoms with Gasteiger partial charge in [-0.05, 0) is 62.2 Å². The average molecular weight is 409 g/mol. The lowest BCUT2D eigenvalue weighted by Crippen LogP contribution is -2.48. The number of piperazine rings is 1. The van der Waals surface area contributed by atoms with E-state index in [-0.39, 0.29) is 0 Å². The third-order valence-electron chi connectivity index (χ3n) is 4.84. The Morgan fingerprint density at radius 1 is 1.00 bits per heavy atom. The SMILES string of the molecule is CCOc1ccc(S(=O)(=O)N2CCN(c3ccc(C)c(Cl)c3)CC2)cc1C. The van der Waals surface area contributed by atoms with E-state index in [1.165, 1.54) is 0 Å². The number of hydrogen-bond donors (Lipinski definition) is 0. The molecule has 1 fully saturated rings. The van der Waals surface area contributed by atoms with Crippen LogP contribution in [0.25, 0.3) is 0 Å². The van der Waals surface area contributed by atoms with Crippen molar-refractivity contribution in [2.75, 3.05) is 37.7 Å². The predicted octanol–water partition coefficient (Wildman–Crippen LogP) is 3.87. The van der Waals surface area contributed by atoms with Gasteiger partial charge in [0, 0.05) is 36.9 Å². The van der Waals surface area contributed by atoms with Gasteiger partial charge in [0.05, 0.1) is 11.5 Å². The summed E-state index contributed by atoms with van der Waals surface area (Å²) in [5.41, 5.74) is 2.89. The molecule has 3 rings (SSSR count). The second-order valence-corrected chi connectivity index (χ2v) is 9.03. The summed E-state index contributed by atoms with van der Waals surface area (Å²) in [7, 11) is -3.51. The van der Waals surface area contributed by atoms with Gasteiger partial charge in [0.1, 0.15) is 5.75 Å². The maximum absolute atomic E-state index is 13.0. The van der Waals surface area contributed by atoms with Crippen LogP contribution in [0.4, 0.5) is 5.69 Å². The molecule has 2 aromatic carbocycles. The molecule has 1 aliphatic heterocycles. The molecule has 146 valence electrons. The second kappa shape index (κ2) is 8.09. The van der Waals surface area contributed by atoms with Crippen molar-refractivity contribution < 1.29 is 13.2 Å². The van der Waals surface area contributed by atoms with Crippen LogP contribution in [-0.4, -0.2) is 45.5 Å². The molecule has 1 saturated heterocycles. The van der Waals surface area contributed by atoms with E-state index in [9.17, 15) is 8.42 Å². The van der Waals surface area contributed by atoms with Gasteiger partial charge in [0.25, 0.3) is 0 Å². The van der Waals surface area contributed by atoms with Crippen molar-refractivity contribution in [1.82, 2.24) is 4.31 Å². The maximum atomic E-state index is 13.0. The quantitative estimate of drug-likeness (QED) is 0.753. The molecule has 0 spiro atoms. The number of ether oxygens (including phenoxy) is 1. The van der Waals surface area contributed by atoms with Crippen LogP contribution in [0.2, 0.25) is 5.02 Å². The molecule has 0 unspecified atom stereocenters. The zero-order chi connectivity index (χ0) is 19.6. The molecule has 0 bridgehead atoms. The minimum atomic E-state index is -3.51. The van der Waals surface area contributed by atoms with Crippen molar-refractivity contribution in [2.24, 2.45) is 0 Å². The van der Waals surface area contributed by atoms with Gasteiger partial charge < -0.3 is 9.64 Å².